The Bertz CT molecular complexity index is 561. The average Bonchev–Trinajstić information content (AvgIpc) is 2.38. The molecule has 0 spiro atoms. The van der Waals surface area contributed by atoms with E-state index in [4.69, 9.17) is 0 Å². The van der Waals surface area contributed by atoms with Crippen LogP contribution in [0, 0.1) is 21.4 Å². The van der Waals surface area contributed by atoms with Crippen molar-refractivity contribution in [2.45, 2.75) is 27.2 Å². The summed E-state index contributed by atoms with van der Waals surface area (Å²) in [7, 11) is 0. The Labute approximate surface area is 113 Å². The van der Waals surface area contributed by atoms with Crippen LogP contribution in [-0.4, -0.2) is 9.91 Å². The lowest BCUT2D eigenvalue weighted by molar-refractivity contribution is -0.385. The molecule has 1 aliphatic rings. The first kappa shape index (κ1) is 13.5. The van der Waals surface area contributed by atoms with Gasteiger partial charge in [-0.2, -0.15) is 0 Å². The lowest BCUT2D eigenvalue weighted by Gasteiger charge is -2.33. The van der Waals surface area contributed by atoms with Gasteiger partial charge in [0, 0.05) is 6.20 Å². The van der Waals surface area contributed by atoms with Crippen molar-refractivity contribution in [2.24, 2.45) is 11.3 Å². The zero-order valence-corrected chi connectivity index (χ0v) is 11.5. The number of allylic oxidation sites excluding steroid dienone is 4. The molecule has 100 valence electrons. The summed E-state index contributed by atoms with van der Waals surface area (Å²) in [5.74, 6) is 0.480. The van der Waals surface area contributed by atoms with Gasteiger partial charge >= 0.3 is 0 Å². The van der Waals surface area contributed by atoms with Crippen LogP contribution in [0.15, 0.2) is 36.7 Å². The minimum atomic E-state index is -0.367. The molecule has 1 heterocycles. The topological polar surface area (TPSA) is 56.0 Å². The summed E-state index contributed by atoms with van der Waals surface area (Å²) in [6.07, 6.45) is 9.89. The minimum absolute atomic E-state index is 0.0429. The standard InChI is InChI=1S/C15H18N2O2/c1-11(2)15(3)7-4-5-12(9-15)13-6-8-16-10-14(13)17(18)19/h4-8,10-11H,9H2,1-3H3. The monoisotopic (exact) mass is 258 g/mol. The lowest BCUT2D eigenvalue weighted by Crippen LogP contribution is -2.23. The largest absolute Gasteiger partial charge is 0.294 e. The third-order valence-electron chi connectivity index (χ3n) is 4.01. The van der Waals surface area contributed by atoms with Crippen LogP contribution < -0.4 is 0 Å². The Balaban J connectivity index is 2.42. The van der Waals surface area contributed by atoms with Gasteiger partial charge in [-0.05, 0) is 29.4 Å². The second kappa shape index (κ2) is 4.96. The molecule has 4 nitrogen and oxygen atoms in total. The summed E-state index contributed by atoms with van der Waals surface area (Å²) < 4.78 is 0. The molecule has 0 amide bonds. The summed E-state index contributed by atoms with van der Waals surface area (Å²) >= 11 is 0. The van der Waals surface area contributed by atoms with E-state index >= 15 is 0 Å². The molecule has 0 aromatic carbocycles. The fourth-order valence-electron chi connectivity index (χ4n) is 2.30. The predicted octanol–water partition coefficient (Wildman–Crippen LogP) is 4.00. The van der Waals surface area contributed by atoms with E-state index in [1.54, 1.807) is 12.3 Å². The highest BCUT2D eigenvalue weighted by Crippen LogP contribution is 2.42. The molecule has 1 aromatic heterocycles. The van der Waals surface area contributed by atoms with Crippen LogP contribution in [0.2, 0.25) is 0 Å². The van der Waals surface area contributed by atoms with E-state index in [0.29, 0.717) is 11.5 Å². The van der Waals surface area contributed by atoms with Crippen LogP contribution in [0.3, 0.4) is 0 Å². The van der Waals surface area contributed by atoms with Crippen molar-refractivity contribution in [1.82, 2.24) is 4.98 Å². The number of hydrogen-bond acceptors (Lipinski definition) is 3. The van der Waals surface area contributed by atoms with Gasteiger partial charge in [-0.1, -0.05) is 39.0 Å². The number of hydrogen-bond donors (Lipinski definition) is 0. The van der Waals surface area contributed by atoms with E-state index in [1.165, 1.54) is 6.20 Å². The van der Waals surface area contributed by atoms with Crippen LogP contribution in [0.25, 0.3) is 5.57 Å². The third kappa shape index (κ3) is 2.57. The zero-order valence-electron chi connectivity index (χ0n) is 11.5. The molecule has 0 aliphatic heterocycles. The first-order valence-corrected chi connectivity index (χ1v) is 6.41. The molecule has 0 bridgehead atoms. The Morgan fingerprint density at radius 2 is 2.21 bits per heavy atom. The van der Waals surface area contributed by atoms with Gasteiger partial charge < -0.3 is 0 Å². The van der Waals surface area contributed by atoms with E-state index in [-0.39, 0.29) is 16.0 Å². The number of nitrogens with zero attached hydrogens (tertiary/aromatic N) is 2. The van der Waals surface area contributed by atoms with Crippen molar-refractivity contribution in [3.63, 3.8) is 0 Å². The Morgan fingerprint density at radius 1 is 1.47 bits per heavy atom. The van der Waals surface area contributed by atoms with Crippen LogP contribution in [0.5, 0.6) is 0 Å². The summed E-state index contributed by atoms with van der Waals surface area (Å²) in [6.45, 7) is 6.54. The first-order chi connectivity index (χ1) is 8.94. The van der Waals surface area contributed by atoms with E-state index < -0.39 is 0 Å². The molecule has 1 aromatic rings. The molecule has 1 unspecified atom stereocenters. The maximum atomic E-state index is 11.1. The number of aromatic nitrogens is 1. The molecule has 1 atom stereocenters. The Hall–Kier alpha value is -1.97. The lowest BCUT2D eigenvalue weighted by atomic mass is 9.71. The minimum Gasteiger partial charge on any atom is -0.258 e. The smallest absolute Gasteiger partial charge is 0.258 e. The second-order valence-electron chi connectivity index (χ2n) is 5.54. The van der Waals surface area contributed by atoms with Gasteiger partial charge in [0.25, 0.3) is 5.69 Å². The van der Waals surface area contributed by atoms with Crippen molar-refractivity contribution in [1.29, 1.82) is 0 Å². The maximum Gasteiger partial charge on any atom is 0.294 e. The van der Waals surface area contributed by atoms with Crippen LogP contribution in [0.4, 0.5) is 5.69 Å². The van der Waals surface area contributed by atoms with Gasteiger partial charge in [-0.25, -0.2) is 0 Å². The van der Waals surface area contributed by atoms with Crippen molar-refractivity contribution in [3.8, 4) is 0 Å². The van der Waals surface area contributed by atoms with Crippen molar-refractivity contribution < 1.29 is 4.92 Å². The van der Waals surface area contributed by atoms with E-state index in [0.717, 1.165) is 12.0 Å². The molecular weight excluding hydrogens is 240 g/mol. The van der Waals surface area contributed by atoms with Gasteiger partial charge in [0.2, 0.25) is 0 Å². The molecule has 0 fully saturated rings. The van der Waals surface area contributed by atoms with Crippen molar-refractivity contribution >= 4 is 11.3 Å². The summed E-state index contributed by atoms with van der Waals surface area (Å²) in [4.78, 5) is 14.6. The van der Waals surface area contributed by atoms with Gasteiger partial charge in [0.05, 0.1) is 10.5 Å². The number of nitro groups is 1. The molecule has 4 heteroatoms. The number of rotatable bonds is 3. The average molecular weight is 258 g/mol. The molecule has 0 saturated heterocycles. The van der Waals surface area contributed by atoms with Crippen LogP contribution in [-0.2, 0) is 0 Å². The van der Waals surface area contributed by atoms with Crippen molar-refractivity contribution in [2.75, 3.05) is 0 Å². The van der Waals surface area contributed by atoms with Crippen LogP contribution in [0.1, 0.15) is 32.8 Å². The highest BCUT2D eigenvalue weighted by molar-refractivity contribution is 5.74. The predicted molar refractivity (Wildman–Crippen MR) is 75.6 cm³/mol. The van der Waals surface area contributed by atoms with E-state index in [9.17, 15) is 10.1 Å². The van der Waals surface area contributed by atoms with Crippen LogP contribution >= 0.6 is 0 Å². The first-order valence-electron chi connectivity index (χ1n) is 6.41. The van der Waals surface area contributed by atoms with Gasteiger partial charge in [-0.3, -0.25) is 15.1 Å². The second-order valence-corrected chi connectivity index (χ2v) is 5.54. The van der Waals surface area contributed by atoms with Gasteiger partial charge in [0.1, 0.15) is 6.20 Å². The van der Waals surface area contributed by atoms with Gasteiger partial charge in [0.15, 0.2) is 0 Å². The SMILES string of the molecule is CC(C)C1(C)C=CC=C(c2ccncc2[N+](=O)[O-])C1. The highest BCUT2D eigenvalue weighted by Gasteiger charge is 2.30. The fourth-order valence-corrected chi connectivity index (χ4v) is 2.30. The molecule has 0 radical (unpaired) electrons. The molecule has 0 saturated carbocycles. The van der Waals surface area contributed by atoms with Crippen molar-refractivity contribution in [3.05, 3.63) is 52.4 Å². The van der Waals surface area contributed by atoms with Gasteiger partial charge in [-0.15, -0.1) is 0 Å². The normalized spacial score (nSPS) is 22.4. The van der Waals surface area contributed by atoms with E-state index in [2.05, 4.69) is 31.8 Å². The maximum absolute atomic E-state index is 11.1. The fraction of sp³-hybridized carbons (Fsp3) is 0.400. The summed E-state index contributed by atoms with van der Waals surface area (Å²) in [5, 5.41) is 11.1. The Morgan fingerprint density at radius 3 is 2.84 bits per heavy atom. The zero-order chi connectivity index (χ0) is 14.0. The third-order valence-corrected chi connectivity index (χ3v) is 4.01. The Kier molecular flexibility index (Phi) is 3.51. The highest BCUT2D eigenvalue weighted by atomic mass is 16.6. The molecule has 1 aliphatic carbocycles. The molecule has 19 heavy (non-hydrogen) atoms. The summed E-state index contributed by atoms with van der Waals surface area (Å²) in [5.41, 5.74) is 1.81. The van der Waals surface area contributed by atoms with E-state index in [1.807, 2.05) is 12.2 Å². The quantitative estimate of drug-likeness (QED) is 0.608. The molecule has 2 rings (SSSR count). The molecule has 0 N–H and O–H groups in total. The molecular formula is C15H18N2O2. The number of pyridine rings is 1. The summed E-state index contributed by atoms with van der Waals surface area (Å²) in [6, 6.07) is 1.73.